The lowest BCUT2D eigenvalue weighted by Crippen LogP contribution is -2.41. The molecule has 0 bridgehead atoms. The molecule has 0 aliphatic carbocycles. The number of carbonyl (C=O) groups excluding carboxylic acids is 1. The molecule has 0 radical (unpaired) electrons. The average molecular weight is 264 g/mol. The van der Waals surface area contributed by atoms with Crippen LogP contribution in [0.5, 0.6) is 0 Å². The van der Waals surface area contributed by atoms with E-state index in [4.69, 9.17) is 0 Å². The largest absolute Gasteiger partial charge is 0.355 e. The highest BCUT2D eigenvalue weighted by atomic mass is 79.9. The number of hydrogen-bond acceptors (Lipinski definition) is 1. The second kappa shape index (κ2) is 4.65. The van der Waals surface area contributed by atoms with Crippen molar-refractivity contribution in [3.63, 3.8) is 0 Å². The third kappa shape index (κ3) is 5.63. The molecule has 0 saturated carbocycles. The summed E-state index contributed by atoms with van der Waals surface area (Å²) in [6, 6.07) is 0. The molecular formula is C11H22BrNO. The molecule has 0 heterocycles. The van der Waals surface area contributed by atoms with Crippen LogP contribution in [-0.2, 0) is 4.79 Å². The van der Waals surface area contributed by atoms with Gasteiger partial charge in [0, 0.05) is 6.54 Å². The molecule has 0 unspecified atom stereocenters. The summed E-state index contributed by atoms with van der Waals surface area (Å²) in [4.78, 5) is 11.6. The van der Waals surface area contributed by atoms with Crippen molar-refractivity contribution < 1.29 is 4.79 Å². The minimum absolute atomic E-state index is 0.0397. The van der Waals surface area contributed by atoms with E-state index < -0.39 is 0 Å². The van der Waals surface area contributed by atoms with Crippen molar-refractivity contribution in [1.29, 1.82) is 0 Å². The van der Waals surface area contributed by atoms with Crippen LogP contribution in [0.1, 0.15) is 41.5 Å². The first-order valence-corrected chi connectivity index (χ1v) is 5.87. The molecule has 1 N–H and O–H groups in total. The minimum atomic E-state index is -0.127. The van der Waals surface area contributed by atoms with Gasteiger partial charge in [0.15, 0.2) is 0 Å². The van der Waals surface area contributed by atoms with Gasteiger partial charge in [-0.15, -0.1) is 0 Å². The molecule has 1 amide bonds. The Hall–Kier alpha value is -0.0500. The number of alkyl halides is 1. The minimum Gasteiger partial charge on any atom is -0.355 e. The van der Waals surface area contributed by atoms with Crippen LogP contribution in [-0.4, -0.2) is 17.3 Å². The molecule has 3 heteroatoms. The Morgan fingerprint density at radius 1 is 1.21 bits per heavy atom. The van der Waals surface area contributed by atoms with Crippen molar-refractivity contribution in [2.24, 2.45) is 10.8 Å². The predicted octanol–water partition coefficient (Wildman–Crippen LogP) is 2.96. The van der Waals surface area contributed by atoms with Crippen LogP contribution >= 0.6 is 15.9 Å². The lowest BCUT2D eigenvalue weighted by Gasteiger charge is -2.26. The average Bonchev–Trinajstić information content (AvgIpc) is 1.95. The first kappa shape index (κ1) is 13.9. The highest BCUT2D eigenvalue weighted by Gasteiger charge is 2.28. The number of carbonyl (C=O) groups is 1. The van der Waals surface area contributed by atoms with Gasteiger partial charge in [-0.3, -0.25) is 4.79 Å². The van der Waals surface area contributed by atoms with Crippen molar-refractivity contribution in [2.75, 3.05) is 6.54 Å². The molecule has 0 rings (SSSR count). The molecule has 0 spiro atoms. The summed E-state index contributed by atoms with van der Waals surface area (Å²) in [7, 11) is 0. The molecular weight excluding hydrogens is 242 g/mol. The smallest absolute Gasteiger partial charge is 0.234 e. The summed E-state index contributed by atoms with van der Waals surface area (Å²) < 4.78 is 0. The maximum Gasteiger partial charge on any atom is 0.234 e. The molecule has 0 saturated heterocycles. The maximum atomic E-state index is 11.7. The van der Waals surface area contributed by atoms with Crippen molar-refractivity contribution in [2.45, 2.75) is 46.4 Å². The van der Waals surface area contributed by atoms with E-state index in [-0.39, 0.29) is 21.6 Å². The van der Waals surface area contributed by atoms with Crippen molar-refractivity contribution >= 4 is 21.8 Å². The molecule has 0 aromatic heterocycles. The molecule has 0 aliphatic heterocycles. The molecule has 2 nitrogen and oxygen atoms in total. The summed E-state index contributed by atoms with van der Waals surface area (Å²) in [6.45, 7) is 13.2. The zero-order chi connectivity index (χ0) is 11.6. The number of amides is 1. The van der Waals surface area contributed by atoms with Crippen LogP contribution in [0.25, 0.3) is 0 Å². The predicted molar refractivity (Wildman–Crippen MR) is 64.6 cm³/mol. The van der Waals surface area contributed by atoms with Gasteiger partial charge in [-0.2, -0.15) is 0 Å². The first-order valence-electron chi connectivity index (χ1n) is 4.96. The van der Waals surface area contributed by atoms with Crippen LogP contribution in [0, 0.1) is 10.8 Å². The molecule has 1 atom stereocenters. The quantitative estimate of drug-likeness (QED) is 0.763. The normalized spacial score (nSPS) is 15.1. The highest BCUT2D eigenvalue weighted by Crippen LogP contribution is 2.26. The monoisotopic (exact) mass is 263 g/mol. The van der Waals surface area contributed by atoms with E-state index in [9.17, 15) is 4.79 Å². The van der Waals surface area contributed by atoms with E-state index in [2.05, 4.69) is 42.0 Å². The van der Waals surface area contributed by atoms with Gasteiger partial charge >= 0.3 is 0 Å². The van der Waals surface area contributed by atoms with Gasteiger partial charge in [-0.05, 0) is 10.8 Å². The van der Waals surface area contributed by atoms with Gasteiger partial charge in [0.05, 0.1) is 4.83 Å². The summed E-state index contributed by atoms with van der Waals surface area (Å²) in [6.07, 6.45) is 0. The lowest BCUT2D eigenvalue weighted by atomic mass is 9.91. The number of hydrogen-bond donors (Lipinski definition) is 1. The van der Waals surface area contributed by atoms with Gasteiger partial charge in [-0.25, -0.2) is 0 Å². The number of rotatable bonds is 2. The van der Waals surface area contributed by atoms with E-state index in [1.807, 2.05) is 20.8 Å². The summed E-state index contributed by atoms with van der Waals surface area (Å²) in [5, 5.41) is 2.94. The first-order chi connectivity index (χ1) is 6.04. The fourth-order valence-electron chi connectivity index (χ4n) is 0.835. The zero-order valence-electron chi connectivity index (χ0n) is 10.1. The molecule has 0 aliphatic rings. The van der Waals surface area contributed by atoms with Crippen LogP contribution in [0.15, 0.2) is 0 Å². The summed E-state index contributed by atoms with van der Waals surface area (Å²) in [5.74, 6) is 0.0763. The number of nitrogens with one attached hydrogen (secondary N) is 1. The van der Waals surface area contributed by atoms with Crippen molar-refractivity contribution in [3.8, 4) is 0 Å². The fraction of sp³-hybridized carbons (Fsp3) is 0.909. The Kier molecular flexibility index (Phi) is 4.63. The van der Waals surface area contributed by atoms with E-state index in [0.717, 1.165) is 0 Å². The lowest BCUT2D eigenvalue weighted by molar-refractivity contribution is -0.122. The van der Waals surface area contributed by atoms with Crippen LogP contribution in [0.2, 0.25) is 0 Å². The van der Waals surface area contributed by atoms with E-state index in [1.54, 1.807) is 0 Å². The summed E-state index contributed by atoms with van der Waals surface area (Å²) in [5.41, 5.74) is 0.0994. The van der Waals surface area contributed by atoms with E-state index in [0.29, 0.717) is 6.54 Å². The Morgan fingerprint density at radius 3 is 1.93 bits per heavy atom. The second-order valence-electron chi connectivity index (χ2n) is 6.01. The SMILES string of the molecule is CC(C)(C)CNC(=O)[C@@H](Br)C(C)(C)C. The van der Waals surface area contributed by atoms with Crippen LogP contribution in [0.4, 0.5) is 0 Å². The van der Waals surface area contributed by atoms with Crippen LogP contribution in [0.3, 0.4) is 0 Å². The molecule has 0 aromatic carbocycles. The van der Waals surface area contributed by atoms with Gasteiger partial charge in [0.2, 0.25) is 5.91 Å². The summed E-state index contributed by atoms with van der Waals surface area (Å²) >= 11 is 3.42. The zero-order valence-corrected chi connectivity index (χ0v) is 11.7. The second-order valence-corrected chi connectivity index (χ2v) is 6.92. The molecule has 0 aromatic rings. The standard InChI is InChI=1S/C11H22BrNO/c1-10(2,3)7-13-9(14)8(12)11(4,5)6/h8H,7H2,1-6H3,(H,13,14)/t8-/m1/s1. The van der Waals surface area contributed by atoms with Crippen molar-refractivity contribution in [3.05, 3.63) is 0 Å². The number of halogens is 1. The third-order valence-corrected chi connectivity index (χ3v) is 3.57. The van der Waals surface area contributed by atoms with Gasteiger partial charge < -0.3 is 5.32 Å². The van der Waals surface area contributed by atoms with E-state index in [1.165, 1.54) is 0 Å². The Morgan fingerprint density at radius 2 is 1.64 bits per heavy atom. The van der Waals surface area contributed by atoms with Crippen molar-refractivity contribution in [1.82, 2.24) is 5.32 Å². The van der Waals surface area contributed by atoms with Crippen LogP contribution < -0.4 is 5.32 Å². The maximum absolute atomic E-state index is 11.7. The Bertz CT molecular complexity index is 200. The fourth-order valence-corrected chi connectivity index (χ4v) is 0.997. The Balaban J connectivity index is 4.11. The van der Waals surface area contributed by atoms with Gasteiger partial charge in [0.25, 0.3) is 0 Å². The topological polar surface area (TPSA) is 29.1 Å². The highest BCUT2D eigenvalue weighted by molar-refractivity contribution is 9.10. The third-order valence-electron chi connectivity index (χ3n) is 1.78. The Labute approximate surface area is 96.0 Å². The molecule has 84 valence electrons. The molecule has 0 fully saturated rings. The van der Waals surface area contributed by atoms with E-state index >= 15 is 0 Å². The van der Waals surface area contributed by atoms with Gasteiger partial charge in [0.1, 0.15) is 0 Å². The van der Waals surface area contributed by atoms with Gasteiger partial charge in [-0.1, -0.05) is 57.5 Å². The molecule has 14 heavy (non-hydrogen) atoms.